The van der Waals surface area contributed by atoms with Gasteiger partial charge in [0.15, 0.2) is 0 Å². The molecule has 2 aromatic rings. The molecule has 0 saturated carbocycles. The lowest BCUT2D eigenvalue weighted by Crippen LogP contribution is -2.59. The maximum absolute atomic E-state index is 14.3. The van der Waals surface area contributed by atoms with Crippen molar-refractivity contribution in [3.8, 4) is 0 Å². The first kappa shape index (κ1) is 33.7. The minimum absolute atomic E-state index is 0. The van der Waals surface area contributed by atoms with Crippen molar-refractivity contribution in [2.45, 2.75) is 78.0 Å². The van der Waals surface area contributed by atoms with Crippen molar-refractivity contribution in [3.63, 3.8) is 0 Å². The fourth-order valence-corrected chi connectivity index (χ4v) is 5.42. The molecule has 1 unspecified atom stereocenters. The number of nitrogens with one attached hydrogen (secondary N) is 2. The zero-order valence-electron chi connectivity index (χ0n) is 24.3. The van der Waals surface area contributed by atoms with Gasteiger partial charge in [-0.05, 0) is 60.4 Å². The van der Waals surface area contributed by atoms with Gasteiger partial charge in [-0.3, -0.25) is 19.3 Å². The van der Waals surface area contributed by atoms with Crippen LogP contribution in [0.5, 0.6) is 0 Å². The van der Waals surface area contributed by atoms with E-state index in [2.05, 4.69) is 38.3 Å². The van der Waals surface area contributed by atoms with Crippen molar-refractivity contribution >= 4 is 40.9 Å². The lowest BCUT2D eigenvalue weighted by molar-refractivity contribution is -0.156. The van der Waals surface area contributed by atoms with Crippen LogP contribution in [0.3, 0.4) is 0 Å². The van der Waals surface area contributed by atoms with E-state index >= 15 is 0 Å². The summed E-state index contributed by atoms with van der Waals surface area (Å²) >= 11 is 0. The van der Waals surface area contributed by atoms with E-state index in [9.17, 15) is 19.5 Å². The molecule has 5 N–H and O–H groups in total. The molecular weight excluding hydrogens is 528 g/mol. The molecular formula is C31H47ClN4O4. The Morgan fingerprint density at radius 1 is 1.05 bits per heavy atom. The van der Waals surface area contributed by atoms with Crippen LogP contribution in [0.2, 0.25) is 0 Å². The molecule has 9 heteroatoms. The normalized spacial score (nSPS) is 16.7. The maximum Gasteiger partial charge on any atom is 0.247 e. The summed E-state index contributed by atoms with van der Waals surface area (Å²) in [4.78, 5) is 43.3. The molecule has 3 rings (SSSR count). The molecule has 2 aromatic carbocycles. The molecule has 1 heterocycles. The Morgan fingerprint density at radius 2 is 1.70 bits per heavy atom. The Hall–Kier alpha value is -2.52. The molecule has 1 saturated heterocycles. The Kier molecular flexibility index (Phi) is 13.5. The predicted octanol–water partition coefficient (Wildman–Crippen LogP) is 3.42. The molecule has 1 aliphatic heterocycles. The fourth-order valence-electron chi connectivity index (χ4n) is 5.42. The van der Waals surface area contributed by atoms with Crippen molar-refractivity contribution < 1.29 is 19.5 Å². The first-order valence-electron chi connectivity index (χ1n) is 14.3. The minimum atomic E-state index is -1.06. The number of nitrogens with zero attached hydrogens (tertiary/aromatic N) is 1. The lowest BCUT2D eigenvalue weighted by atomic mass is 9.87. The number of hydrogen-bond acceptors (Lipinski definition) is 6. The van der Waals surface area contributed by atoms with Crippen LogP contribution in [0.15, 0.2) is 42.5 Å². The van der Waals surface area contributed by atoms with Crippen molar-refractivity contribution in [2.24, 2.45) is 23.5 Å². The van der Waals surface area contributed by atoms with Gasteiger partial charge in [-0.1, -0.05) is 70.2 Å². The molecule has 1 aliphatic rings. The summed E-state index contributed by atoms with van der Waals surface area (Å²) in [6, 6.07) is 12.3. The predicted molar refractivity (Wildman–Crippen MR) is 162 cm³/mol. The molecule has 222 valence electrons. The first-order chi connectivity index (χ1) is 18.6. The van der Waals surface area contributed by atoms with Gasteiger partial charge in [-0.2, -0.15) is 0 Å². The van der Waals surface area contributed by atoms with Crippen molar-refractivity contribution in [3.05, 3.63) is 48.0 Å². The van der Waals surface area contributed by atoms with Crippen LogP contribution in [0.1, 0.15) is 58.9 Å². The monoisotopic (exact) mass is 574 g/mol. The van der Waals surface area contributed by atoms with E-state index in [1.165, 1.54) is 4.90 Å². The zero-order valence-corrected chi connectivity index (χ0v) is 25.1. The van der Waals surface area contributed by atoms with E-state index < -0.39 is 24.1 Å². The highest BCUT2D eigenvalue weighted by Gasteiger charge is 2.41. The number of halogens is 1. The fraction of sp³-hybridized carbons (Fsp3) is 0.581. The van der Waals surface area contributed by atoms with Gasteiger partial charge < -0.3 is 21.5 Å². The smallest absolute Gasteiger partial charge is 0.247 e. The van der Waals surface area contributed by atoms with Gasteiger partial charge in [0.1, 0.15) is 6.04 Å². The third-order valence-corrected chi connectivity index (χ3v) is 7.34. The number of aliphatic hydroxyl groups excluding tert-OH is 1. The molecule has 40 heavy (non-hydrogen) atoms. The average Bonchev–Trinajstić information content (AvgIpc) is 3.45. The quantitative estimate of drug-likeness (QED) is 0.290. The molecule has 8 nitrogen and oxygen atoms in total. The highest BCUT2D eigenvalue weighted by atomic mass is 35.5. The molecule has 1 fully saturated rings. The maximum atomic E-state index is 14.3. The van der Waals surface area contributed by atoms with Gasteiger partial charge in [0.25, 0.3) is 0 Å². The van der Waals surface area contributed by atoms with E-state index in [4.69, 9.17) is 5.73 Å². The highest BCUT2D eigenvalue weighted by Crippen LogP contribution is 2.26. The van der Waals surface area contributed by atoms with Crippen LogP contribution >= 0.6 is 12.4 Å². The molecule has 3 amide bonds. The highest BCUT2D eigenvalue weighted by molar-refractivity contribution is 6.03. The molecule has 0 radical (unpaired) electrons. The molecule has 3 atom stereocenters. The summed E-state index contributed by atoms with van der Waals surface area (Å²) < 4.78 is 0. The third kappa shape index (κ3) is 9.26. The number of carbonyl (C=O) groups is 3. The van der Waals surface area contributed by atoms with E-state index in [1.807, 2.05) is 42.5 Å². The summed E-state index contributed by atoms with van der Waals surface area (Å²) in [7, 11) is 0. The minimum Gasteiger partial charge on any atom is -0.390 e. The Bertz CT molecular complexity index is 1110. The molecule has 0 spiro atoms. The Balaban J connectivity index is 0.00000560. The van der Waals surface area contributed by atoms with E-state index in [0.717, 1.165) is 22.8 Å². The second-order valence-corrected chi connectivity index (χ2v) is 11.7. The van der Waals surface area contributed by atoms with Crippen LogP contribution in [-0.2, 0) is 20.8 Å². The van der Waals surface area contributed by atoms with Gasteiger partial charge in [0.05, 0.1) is 12.1 Å². The number of amides is 3. The van der Waals surface area contributed by atoms with Crippen molar-refractivity contribution in [2.75, 3.05) is 19.6 Å². The summed E-state index contributed by atoms with van der Waals surface area (Å²) in [5.41, 5.74) is 6.40. The van der Waals surface area contributed by atoms with Gasteiger partial charge in [0.2, 0.25) is 17.7 Å². The second-order valence-electron chi connectivity index (χ2n) is 11.7. The second kappa shape index (κ2) is 16.1. The largest absolute Gasteiger partial charge is 0.390 e. The SMILES string of the molecule is CC(C)CC(CC(C)C)C(=O)N(C(=O)[C@@H]1CCCN1)[C@H](Cc1ccc2ccccc2c1)C(=O)NCC(O)CN.Cl. The van der Waals surface area contributed by atoms with Crippen LogP contribution in [0, 0.1) is 17.8 Å². The summed E-state index contributed by atoms with van der Waals surface area (Å²) in [5, 5.41) is 18.1. The molecule has 0 aliphatic carbocycles. The van der Waals surface area contributed by atoms with Crippen molar-refractivity contribution in [1.82, 2.24) is 15.5 Å². The first-order valence-corrected chi connectivity index (χ1v) is 14.3. The number of hydrogen-bond donors (Lipinski definition) is 4. The number of benzene rings is 2. The van der Waals surface area contributed by atoms with E-state index in [-0.39, 0.29) is 61.5 Å². The number of aliphatic hydroxyl groups is 1. The molecule has 0 aromatic heterocycles. The third-order valence-electron chi connectivity index (χ3n) is 7.34. The molecule has 0 bridgehead atoms. The van der Waals surface area contributed by atoms with E-state index in [0.29, 0.717) is 25.8 Å². The van der Waals surface area contributed by atoms with Crippen LogP contribution in [-0.4, -0.2) is 65.5 Å². The number of nitrogens with two attached hydrogens (primary N) is 1. The number of imide groups is 1. The van der Waals surface area contributed by atoms with Gasteiger partial charge in [-0.25, -0.2) is 0 Å². The topological polar surface area (TPSA) is 125 Å². The van der Waals surface area contributed by atoms with Crippen molar-refractivity contribution in [1.29, 1.82) is 0 Å². The standard InChI is InChI=1S/C31H46N4O4.ClH/c1-20(2)14-25(15-21(3)4)30(38)35(31(39)27-10-7-13-33-27)28(29(37)34-19-26(36)18-32)17-22-11-12-23-8-5-6-9-24(23)16-22;/h5-6,8-9,11-12,16,20-21,25-28,33,36H,7,10,13-15,17-19,32H2,1-4H3,(H,34,37);1H/t26?,27-,28+;/m0./s1. The number of rotatable bonds is 13. The summed E-state index contributed by atoms with van der Waals surface area (Å²) in [5.74, 6) is -0.981. The number of fused-ring (bicyclic) bond motifs is 1. The van der Waals surface area contributed by atoms with Crippen LogP contribution in [0.4, 0.5) is 0 Å². The Labute approximate surface area is 244 Å². The zero-order chi connectivity index (χ0) is 28.5. The number of carbonyl (C=O) groups excluding carboxylic acids is 3. The van der Waals surface area contributed by atoms with Gasteiger partial charge in [0, 0.05) is 25.4 Å². The summed E-state index contributed by atoms with van der Waals surface area (Å²) in [6.45, 7) is 8.91. The van der Waals surface area contributed by atoms with E-state index in [1.54, 1.807) is 0 Å². The Morgan fingerprint density at radius 3 is 2.27 bits per heavy atom. The average molecular weight is 575 g/mol. The summed E-state index contributed by atoms with van der Waals surface area (Å²) in [6.07, 6.45) is 1.99. The van der Waals surface area contributed by atoms with Crippen LogP contribution in [0.25, 0.3) is 10.8 Å². The lowest BCUT2D eigenvalue weighted by Gasteiger charge is -2.35. The van der Waals surface area contributed by atoms with Gasteiger partial charge in [-0.15, -0.1) is 12.4 Å². The van der Waals surface area contributed by atoms with Gasteiger partial charge >= 0.3 is 0 Å². The van der Waals surface area contributed by atoms with Crippen LogP contribution < -0.4 is 16.4 Å².